The molecule has 1 atom stereocenters. The van der Waals surface area contributed by atoms with E-state index in [4.69, 9.17) is 4.74 Å². The second-order valence-corrected chi connectivity index (χ2v) is 6.93. The Hall–Kier alpha value is -1.83. The molecule has 0 spiro atoms. The zero-order valence-electron chi connectivity index (χ0n) is 14.0. The molecule has 128 valence electrons. The van der Waals surface area contributed by atoms with Gasteiger partial charge in [-0.25, -0.2) is 9.97 Å². The Morgan fingerprint density at radius 3 is 3.08 bits per heavy atom. The summed E-state index contributed by atoms with van der Waals surface area (Å²) in [5.41, 5.74) is 2.02. The largest absolute Gasteiger partial charge is 0.367 e. The maximum atomic E-state index is 12.5. The van der Waals surface area contributed by atoms with Gasteiger partial charge in [-0.15, -0.1) is 0 Å². The molecule has 2 aromatic rings. The molecule has 24 heavy (non-hydrogen) atoms. The van der Waals surface area contributed by atoms with Crippen LogP contribution >= 0.6 is 11.3 Å². The van der Waals surface area contributed by atoms with E-state index in [-0.39, 0.29) is 12.0 Å². The van der Waals surface area contributed by atoms with Gasteiger partial charge in [0, 0.05) is 19.3 Å². The number of morpholine rings is 1. The SMILES string of the molecule is CN(C)Cc1ccnc([C@H]2CN(C(=O)Cc3ccsc3)CCO2)n1. The highest BCUT2D eigenvalue weighted by Gasteiger charge is 2.27. The van der Waals surface area contributed by atoms with Gasteiger partial charge in [0.25, 0.3) is 0 Å². The van der Waals surface area contributed by atoms with Crippen molar-refractivity contribution in [2.75, 3.05) is 33.8 Å². The first-order valence-electron chi connectivity index (χ1n) is 7.99. The summed E-state index contributed by atoms with van der Waals surface area (Å²) in [6.45, 7) is 2.40. The molecule has 1 aliphatic rings. The fourth-order valence-electron chi connectivity index (χ4n) is 2.69. The molecule has 0 aromatic carbocycles. The summed E-state index contributed by atoms with van der Waals surface area (Å²) in [6, 6.07) is 3.90. The number of aromatic nitrogens is 2. The van der Waals surface area contributed by atoms with E-state index >= 15 is 0 Å². The zero-order valence-corrected chi connectivity index (χ0v) is 14.8. The fraction of sp³-hybridized carbons (Fsp3) is 0.471. The van der Waals surface area contributed by atoms with Crippen LogP contribution in [0, 0.1) is 0 Å². The first-order valence-corrected chi connectivity index (χ1v) is 8.93. The highest BCUT2D eigenvalue weighted by molar-refractivity contribution is 7.07. The molecule has 0 bridgehead atoms. The molecule has 3 rings (SSSR count). The molecule has 1 amide bonds. The lowest BCUT2D eigenvalue weighted by Gasteiger charge is -2.32. The molecule has 0 aliphatic carbocycles. The van der Waals surface area contributed by atoms with Crippen molar-refractivity contribution in [2.24, 2.45) is 0 Å². The smallest absolute Gasteiger partial charge is 0.227 e. The molecule has 1 aliphatic heterocycles. The van der Waals surface area contributed by atoms with E-state index in [2.05, 4.69) is 14.9 Å². The van der Waals surface area contributed by atoms with Gasteiger partial charge >= 0.3 is 0 Å². The molecule has 2 aromatic heterocycles. The normalized spacial score (nSPS) is 18.1. The van der Waals surface area contributed by atoms with Crippen molar-refractivity contribution in [1.82, 2.24) is 19.8 Å². The van der Waals surface area contributed by atoms with Crippen molar-refractivity contribution in [3.05, 3.63) is 46.2 Å². The van der Waals surface area contributed by atoms with E-state index in [0.29, 0.717) is 31.9 Å². The van der Waals surface area contributed by atoms with Crippen LogP contribution in [0.4, 0.5) is 0 Å². The Labute approximate surface area is 146 Å². The van der Waals surface area contributed by atoms with E-state index in [1.807, 2.05) is 41.9 Å². The summed E-state index contributed by atoms with van der Waals surface area (Å²) in [5.74, 6) is 0.786. The van der Waals surface area contributed by atoms with Crippen LogP contribution in [-0.2, 0) is 22.5 Å². The highest BCUT2D eigenvalue weighted by Crippen LogP contribution is 2.20. The lowest BCUT2D eigenvalue weighted by Crippen LogP contribution is -2.43. The van der Waals surface area contributed by atoms with Gasteiger partial charge in [-0.2, -0.15) is 11.3 Å². The third kappa shape index (κ3) is 4.37. The Kier molecular flexibility index (Phi) is 5.55. The number of ether oxygens (including phenoxy) is 1. The average molecular weight is 346 g/mol. The predicted octanol–water partition coefficient (Wildman–Crippen LogP) is 1.74. The van der Waals surface area contributed by atoms with E-state index < -0.39 is 0 Å². The van der Waals surface area contributed by atoms with Crippen molar-refractivity contribution in [1.29, 1.82) is 0 Å². The van der Waals surface area contributed by atoms with Crippen LogP contribution in [0.5, 0.6) is 0 Å². The van der Waals surface area contributed by atoms with Gasteiger partial charge in [0.05, 0.1) is 25.3 Å². The standard InChI is InChI=1S/C17H22N4O2S/c1-20(2)10-14-3-5-18-17(19-14)15-11-21(6-7-23-15)16(22)9-13-4-8-24-12-13/h3-5,8,12,15H,6-7,9-11H2,1-2H3/t15-/m1/s1. The molecule has 0 unspecified atom stereocenters. The Morgan fingerprint density at radius 2 is 2.33 bits per heavy atom. The van der Waals surface area contributed by atoms with Gasteiger partial charge < -0.3 is 14.5 Å². The van der Waals surface area contributed by atoms with Crippen molar-refractivity contribution < 1.29 is 9.53 Å². The van der Waals surface area contributed by atoms with Crippen molar-refractivity contribution >= 4 is 17.2 Å². The maximum absolute atomic E-state index is 12.5. The molecular weight excluding hydrogens is 324 g/mol. The number of nitrogens with zero attached hydrogens (tertiary/aromatic N) is 4. The summed E-state index contributed by atoms with van der Waals surface area (Å²) in [7, 11) is 4.01. The Bertz CT molecular complexity index is 675. The summed E-state index contributed by atoms with van der Waals surface area (Å²) < 4.78 is 5.81. The minimum Gasteiger partial charge on any atom is -0.367 e. The third-order valence-electron chi connectivity index (χ3n) is 3.85. The lowest BCUT2D eigenvalue weighted by atomic mass is 10.2. The maximum Gasteiger partial charge on any atom is 0.227 e. The van der Waals surface area contributed by atoms with Gasteiger partial charge in [-0.3, -0.25) is 4.79 Å². The summed E-state index contributed by atoms with van der Waals surface area (Å²) in [5, 5.41) is 4.01. The van der Waals surface area contributed by atoms with Crippen LogP contribution in [0.15, 0.2) is 29.1 Å². The second kappa shape index (κ2) is 7.83. The number of thiophene rings is 1. The zero-order chi connectivity index (χ0) is 16.9. The van der Waals surface area contributed by atoms with Gasteiger partial charge in [0.15, 0.2) is 5.82 Å². The van der Waals surface area contributed by atoms with Crippen LogP contribution in [-0.4, -0.2) is 59.5 Å². The third-order valence-corrected chi connectivity index (χ3v) is 4.58. The molecule has 1 saturated heterocycles. The number of carbonyl (C=O) groups excluding carboxylic acids is 1. The van der Waals surface area contributed by atoms with Crippen molar-refractivity contribution in [3.63, 3.8) is 0 Å². The van der Waals surface area contributed by atoms with Crippen molar-refractivity contribution in [2.45, 2.75) is 19.1 Å². The Balaban J connectivity index is 1.65. The predicted molar refractivity (Wildman–Crippen MR) is 92.7 cm³/mol. The highest BCUT2D eigenvalue weighted by atomic mass is 32.1. The molecule has 1 fully saturated rings. The van der Waals surface area contributed by atoms with Gasteiger partial charge in [0.1, 0.15) is 6.10 Å². The van der Waals surface area contributed by atoms with E-state index in [1.165, 1.54) is 0 Å². The topological polar surface area (TPSA) is 58.6 Å². The summed E-state index contributed by atoms with van der Waals surface area (Å²) in [4.78, 5) is 25.3. The van der Waals surface area contributed by atoms with E-state index in [1.54, 1.807) is 17.5 Å². The molecule has 0 radical (unpaired) electrons. The minimum atomic E-state index is -0.257. The summed E-state index contributed by atoms with van der Waals surface area (Å²) in [6.07, 6.45) is 1.95. The van der Waals surface area contributed by atoms with Crippen LogP contribution in [0.25, 0.3) is 0 Å². The van der Waals surface area contributed by atoms with Gasteiger partial charge in [-0.1, -0.05) is 0 Å². The molecule has 6 nitrogen and oxygen atoms in total. The molecule has 0 saturated carbocycles. The monoisotopic (exact) mass is 346 g/mol. The minimum absolute atomic E-state index is 0.131. The number of hydrogen-bond acceptors (Lipinski definition) is 6. The molecule has 7 heteroatoms. The average Bonchev–Trinajstić information content (AvgIpc) is 3.07. The number of carbonyl (C=O) groups is 1. The van der Waals surface area contributed by atoms with Crippen LogP contribution in [0.3, 0.4) is 0 Å². The molecule has 0 N–H and O–H groups in total. The fourth-order valence-corrected chi connectivity index (χ4v) is 3.36. The number of hydrogen-bond donors (Lipinski definition) is 0. The van der Waals surface area contributed by atoms with E-state index in [0.717, 1.165) is 17.8 Å². The molecular formula is C17H22N4O2S. The number of amides is 1. The molecule has 3 heterocycles. The van der Waals surface area contributed by atoms with Gasteiger partial charge in [-0.05, 0) is 42.6 Å². The van der Waals surface area contributed by atoms with E-state index in [9.17, 15) is 4.79 Å². The van der Waals surface area contributed by atoms with Crippen LogP contribution in [0.2, 0.25) is 0 Å². The van der Waals surface area contributed by atoms with Crippen molar-refractivity contribution in [3.8, 4) is 0 Å². The first-order chi connectivity index (χ1) is 11.6. The quantitative estimate of drug-likeness (QED) is 0.825. The number of rotatable bonds is 5. The van der Waals surface area contributed by atoms with Crippen LogP contribution in [0.1, 0.15) is 23.2 Å². The van der Waals surface area contributed by atoms with Crippen LogP contribution < -0.4 is 0 Å². The lowest BCUT2D eigenvalue weighted by molar-refractivity contribution is -0.138. The second-order valence-electron chi connectivity index (χ2n) is 6.15. The summed E-state index contributed by atoms with van der Waals surface area (Å²) >= 11 is 1.61. The van der Waals surface area contributed by atoms with Gasteiger partial charge in [0.2, 0.25) is 5.91 Å². The Morgan fingerprint density at radius 1 is 1.46 bits per heavy atom. The first kappa shape index (κ1) is 17.0.